The summed E-state index contributed by atoms with van der Waals surface area (Å²) < 4.78 is 0. The van der Waals surface area contributed by atoms with E-state index in [-0.39, 0.29) is 17.2 Å². The fourth-order valence-electron chi connectivity index (χ4n) is 4.64. The van der Waals surface area contributed by atoms with Crippen LogP contribution in [0.4, 0.5) is 0 Å². The molecule has 0 saturated carbocycles. The average molecular weight is 412 g/mol. The average Bonchev–Trinajstić information content (AvgIpc) is 2.67. The van der Waals surface area contributed by atoms with Gasteiger partial charge in [0.05, 0.1) is 0 Å². The number of primary amides is 1. The Morgan fingerprint density at radius 2 is 1.80 bits per heavy atom. The van der Waals surface area contributed by atoms with Crippen LogP contribution < -0.4 is 5.73 Å². The number of hydrogen-bond acceptors (Lipinski definition) is 3. The van der Waals surface area contributed by atoms with E-state index in [0.29, 0.717) is 11.0 Å². The van der Waals surface area contributed by atoms with E-state index in [1.165, 1.54) is 11.1 Å². The Balaban J connectivity index is 1.82. The maximum absolute atomic E-state index is 12.1. The van der Waals surface area contributed by atoms with Crippen molar-refractivity contribution in [1.82, 2.24) is 9.80 Å². The van der Waals surface area contributed by atoms with Crippen LogP contribution in [0.5, 0.6) is 0 Å². The zero-order chi connectivity index (χ0) is 22.1. The summed E-state index contributed by atoms with van der Waals surface area (Å²) in [5.41, 5.74) is 10.1. The van der Waals surface area contributed by atoms with E-state index in [0.717, 1.165) is 57.5 Å². The number of nitrogens with zero attached hydrogens (tertiary/aromatic N) is 2. The molecule has 5 nitrogen and oxygen atoms in total. The van der Waals surface area contributed by atoms with E-state index in [9.17, 15) is 9.59 Å². The lowest BCUT2D eigenvalue weighted by atomic mass is 9.75. The quantitative estimate of drug-likeness (QED) is 0.801. The molecule has 2 aliphatic rings. The maximum atomic E-state index is 12.1. The summed E-state index contributed by atoms with van der Waals surface area (Å²) in [6.45, 7) is 15.0. The molecule has 1 aliphatic carbocycles. The van der Waals surface area contributed by atoms with E-state index in [4.69, 9.17) is 5.73 Å². The number of benzene rings is 1. The highest BCUT2D eigenvalue weighted by molar-refractivity contribution is 5.98. The van der Waals surface area contributed by atoms with Gasteiger partial charge < -0.3 is 10.6 Å². The zero-order valence-electron chi connectivity index (χ0n) is 19.3. The number of rotatable bonds is 5. The van der Waals surface area contributed by atoms with Gasteiger partial charge >= 0.3 is 0 Å². The maximum Gasteiger partial charge on any atom is 0.249 e. The van der Waals surface area contributed by atoms with E-state index in [1.807, 2.05) is 11.0 Å². The van der Waals surface area contributed by atoms with Crippen molar-refractivity contribution in [2.45, 2.75) is 59.3 Å². The van der Waals surface area contributed by atoms with Crippen molar-refractivity contribution in [2.24, 2.45) is 11.1 Å². The van der Waals surface area contributed by atoms with E-state index >= 15 is 0 Å². The fourth-order valence-corrected chi connectivity index (χ4v) is 4.64. The van der Waals surface area contributed by atoms with Crippen LogP contribution in [0.3, 0.4) is 0 Å². The van der Waals surface area contributed by atoms with Crippen LogP contribution in [0.1, 0.15) is 75.4 Å². The molecule has 0 bridgehead atoms. The minimum atomic E-state index is -0.361. The summed E-state index contributed by atoms with van der Waals surface area (Å²) >= 11 is 0. The minimum absolute atomic E-state index is 0.0716. The molecular formula is C25H37N3O2. The van der Waals surface area contributed by atoms with Gasteiger partial charge in [-0.15, -0.1) is 0 Å². The van der Waals surface area contributed by atoms with Gasteiger partial charge in [-0.2, -0.15) is 0 Å². The summed E-state index contributed by atoms with van der Waals surface area (Å²) in [5.74, 6) is -0.204. The first kappa shape index (κ1) is 22.5. The van der Waals surface area contributed by atoms with Crippen molar-refractivity contribution in [3.05, 3.63) is 41.0 Å². The fraction of sp³-hybridized carbons (Fsp3) is 0.600. The number of hydrogen-bond donors (Lipinski definition) is 1. The third-order valence-electron chi connectivity index (χ3n) is 6.82. The second-order valence-electron chi connectivity index (χ2n) is 10.4. The van der Waals surface area contributed by atoms with Gasteiger partial charge in [-0.3, -0.25) is 14.5 Å². The highest BCUT2D eigenvalue weighted by Gasteiger charge is 2.29. The Hall–Kier alpha value is -2.14. The Bertz CT molecular complexity index is 846. The molecule has 0 radical (unpaired) electrons. The number of amides is 2. The van der Waals surface area contributed by atoms with Gasteiger partial charge in [-0.1, -0.05) is 45.9 Å². The summed E-state index contributed by atoms with van der Waals surface area (Å²) in [7, 11) is 0. The molecule has 1 saturated heterocycles. The standard InChI is InChI=1S/C25H37N3O2/c1-18(29)28-14-12-27(13-15-28)17-25(4,5)20-6-7-21(23(26)30)22(16-20)19-8-10-24(2,3)11-9-19/h6-8,16H,9-15,17H2,1-5H3,(H2,26,30). The summed E-state index contributed by atoms with van der Waals surface area (Å²) in [5, 5.41) is 0. The molecule has 5 heteroatoms. The highest BCUT2D eigenvalue weighted by Crippen LogP contribution is 2.40. The molecular weight excluding hydrogens is 374 g/mol. The van der Waals surface area contributed by atoms with Gasteiger partial charge in [0.2, 0.25) is 11.8 Å². The van der Waals surface area contributed by atoms with Crippen LogP contribution in [0, 0.1) is 5.41 Å². The summed E-state index contributed by atoms with van der Waals surface area (Å²) in [4.78, 5) is 28.1. The molecule has 0 unspecified atom stereocenters. The third kappa shape index (κ3) is 5.12. The lowest BCUT2D eigenvalue weighted by molar-refractivity contribution is -0.130. The normalized spacial score (nSPS) is 20.0. The number of carbonyl (C=O) groups excluding carboxylic acids is 2. The predicted octanol–water partition coefficient (Wildman–Crippen LogP) is 3.82. The van der Waals surface area contributed by atoms with Crippen LogP contribution >= 0.6 is 0 Å². The molecule has 30 heavy (non-hydrogen) atoms. The molecule has 0 aromatic heterocycles. The van der Waals surface area contributed by atoms with Gasteiger partial charge in [-0.25, -0.2) is 0 Å². The molecule has 1 aliphatic heterocycles. The van der Waals surface area contributed by atoms with Crippen molar-refractivity contribution < 1.29 is 9.59 Å². The molecule has 1 heterocycles. The largest absolute Gasteiger partial charge is 0.366 e. The number of nitrogens with two attached hydrogens (primary N) is 1. The molecule has 0 atom stereocenters. The predicted molar refractivity (Wildman–Crippen MR) is 122 cm³/mol. The van der Waals surface area contributed by atoms with Crippen LogP contribution in [-0.4, -0.2) is 54.3 Å². The van der Waals surface area contributed by atoms with Crippen LogP contribution in [0.25, 0.3) is 5.57 Å². The first-order chi connectivity index (χ1) is 14.0. The van der Waals surface area contributed by atoms with Crippen molar-refractivity contribution in [1.29, 1.82) is 0 Å². The van der Waals surface area contributed by atoms with Gasteiger partial charge in [-0.05, 0) is 47.4 Å². The van der Waals surface area contributed by atoms with Gasteiger partial charge in [0, 0.05) is 50.6 Å². The summed E-state index contributed by atoms with van der Waals surface area (Å²) in [6.07, 6.45) is 5.41. The second kappa shape index (κ2) is 8.54. The lowest BCUT2D eigenvalue weighted by Gasteiger charge is -2.39. The monoisotopic (exact) mass is 411 g/mol. The number of piperazine rings is 1. The van der Waals surface area contributed by atoms with Crippen LogP contribution in [0.2, 0.25) is 0 Å². The Labute approximate surface area is 181 Å². The molecule has 1 fully saturated rings. The van der Waals surface area contributed by atoms with Crippen molar-refractivity contribution >= 4 is 17.4 Å². The zero-order valence-corrected chi connectivity index (χ0v) is 19.3. The summed E-state index contributed by atoms with van der Waals surface area (Å²) in [6, 6.07) is 6.15. The third-order valence-corrected chi connectivity index (χ3v) is 6.82. The molecule has 2 amide bonds. The Kier molecular flexibility index (Phi) is 6.42. The molecule has 2 N–H and O–H groups in total. The molecule has 164 valence electrons. The first-order valence-corrected chi connectivity index (χ1v) is 11.1. The smallest absolute Gasteiger partial charge is 0.249 e. The Morgan fingerprint density at radius 1 is 1.13 bits per heavy atom. The molecule has 0 spiro atoms. The minimum Gasteiger partial charge on any atom is -0.366 e. The molecule has 1 aromatic rings. The topological polar surface area (TPSA) is 66.6 Å². The number of carbonyl (C=O) groups is 2. The van der Waals surface area contributed by atoms with Crippen molar-refractivity contribution in [3.63, 3.8) is 0 Å². The second-order valence-corrected chi connectivity index (χ2v) is 10.4. The van der Waals surface area contributed by atoms with Gasteiger partial charge in [0.25, 0.3) is 0 Å². The van der Waals surface area contributed by atoms with Crippen LogP contribution in [-0.2, 0) is 10.2 Å². The lowest BCUT2D eigenvalue weighted by Crippen LogP contribution is -2.51. The molecule has 3 rings (SSSR count). The van der Waals surface area contributed by atoms with E-state index < -0.39 is 0 Å². The van der Waals surface area contributed by atoms with Gasteiger partial charge in [0.1, 0.15) is 0 Å². The molecule has 1 aromatic carbocycles. The SMILES string of the molecule is CC(=O)N1CCN(CC(C)(C)c2ccc(C(N)=O)c(C3=CCC(C)(C)CC3)c2)CC1. The van der Waals surface area contributed by atoms with Crippen LogP contribution in [0.15, 0.2) is 24.3 Å². The van der Waals surface area contributed by atoms with Crippen molar-refractivity contribution in [2.75, 3.05) is 32.7 Å². The van der Waals surface area contributed by atoms with Gasteiger partial charge in [0.15, 0.2) is 0 Å². The van der Waals surface area contributed by atoms with E-state index in [1.54, 1.807) is 6.92 Å². The Morgan fingerprint density at radius 3 is 2.33 bits per heavy atom. The van der Waals surface area contributed by atoms with Crippen molar-refractivity contribution in [3.8, 4) is 0 Å². The first-order valence-electron chi connectivity index (χ1n) is 11.1. The highest BCUT2D eigenvalue weighted by atomic mass is 16.2. The number of allylic oxidation sites excluding steroid dienone is 2. The van der Waals surface area contributed by atoms with E-state index in [2.05, 4.69) is 50.8 Å².